The van der Waals surface area contributed by atoms with Crippen LogP contribution in [0.2, 0.25) is 0 Å². The van der Waals surface area contributed by atoms with Crippen molar-refractivity contribution in [2.75, 3.05) is 0 Å². The van der Waals surface area contributed by atoms with Crippen molar-refractivity contribution in [2.24, 2.45) is 0 Å². The minimum Gasteiger partial charge on any atom is -0.115 e. The van der Waals surface area contributed by atoms with E-state index in [1.807, 2.05) is 72.8 Å². The van der Waals surface area contributed by atoms with Crippen molar-refractivity contribution >= 4 is 93.0 Å². The molecule has 0 spiro atoms. The fourth-order valence-electron chi connectivity index (χ4n) is 6.18. The molecule has 0 aromatic heterocycles. The summed E-state index contributed by atoms with van der Waals surface area (Å²) in [6.07, 6.45) is 31.3. The number of terminal acetylenes is 6. The fraction of sp³-hybridized carbons (Fsp3) is 0.0435. The predicted molar refractivity (Wildman–Crippen MR) is 340 cm³/mol. The lowest BCUT2D eigenvalue weighted by molar-refractivity contribution is 1.45. The molecule has 0 unspecified atom stereocenters. The van der Waals surface area contributed by atoms with Gasteiger partial charge in [0.15, 0.2) is 0 Å². The van der Waals surface area contributed by atoms with Crippen molar-refractivity contribution in [3.63, 3.8) is 0 Å². The van der Waals surface area contributed by atoms with Crippen LogP contribution >= 0.6 is 93.0 Å². The van der Waals surface area contributed by atoms with Crippen LogP contribution in [0.5, 0.6) is 0 Å². The Kier molecular flexibility index (Phi) is 25.6. The molecule has 0 aliphatic heterocycles. The van der Waals surface area contributed by atoms with Gasteiger partial charge in [0.25, 0.3) is 0 Å². The first kappa shape index (κ1) is 59.3. The topological polar surface area (TPSA) is 0 Å². The van der Waals surface area contributed by atoms with E-state index in [1.165, 1.54) is 23.8 Å². The Labute approximate surface area is 492 Å². The van der Waals surface area contributed by atoms with E-state index in [4.69, 9.17) is 38.5 Å². The molecule has 0 radical (unpaired) electrons. The van der Waals surface area contributed by atoms with Gasteiger partial charge in [-0.25, -0.2) is 0 Å². The van der Waals surface area contributed by atoms with Crippen LogP contribution in [-0.4, -0.2) is 0 Å². The Morgan fingerprint density at radius 3 is 0.689 bits per heavy atom. The molecule has 74 heavy (non-hydrogen) atoms. The van der Waals surface area contributed by atoms with Crippen molar-refractivity contribution in [1.82, 2.24) is 0 Å². The van der Waals surface area contributed by atoms with Crippen LogP contribution in [0.1, 0.15) is 83.5 Å². The summed E-state index contributed by atoms with van der Waals surface area (Å²) in [4.78, 5) is 0. The second-order valence-electron chi connectivity index (χ2n) is 15.6. The van der Waals surface area contributed by atoms with Gasteiger partial charge in [-0.1, -0.05) is 161 Å². The van der Waals surface area contributed by atoms with Gasteiger partial charge >= 0.3 is 0 Å². The zero-order chi connectivity index (χ0) is 53.8. The third kappa shape index (κ3) is 22.6. The molecule has 0 saturated carbocycles. The molecule has 0 N–H and O–H groups in total. The van der Waals surface area contributed by atoms with E-state index in [2.05, 4.69) is 245 Å². The smallest absolute Gasteiger partial charge is 0.0273 e. The van der Waals surface area contributed by atoms with Crippen molar-refractivity contribution in [2.45, 2.75) is 20.8 Å². The van der Waals surface area contributed by atoms with Crippen molar-refractivity contribution in [3.05, 3.63) is 274 Å². The van der Waals surface area contributed by atoms with E-state index in [0.29, 0.717) is 0 Å². The second kappa shape index (κ2) is 32.0. The molecule has 0 atom stereocenters. The molecular weight excluding hydrogens is 1320 g/mol. The summed E-state index contributed by atoms with van der Waals surface area (Å²) in [5, 5.41) is 0. The van der Waals surface area contributed by atoms with Crippen molar-refractivity contribution in [3.8, 4) is 110 Å². The Morgan fingerprint density at radius 2 is 0.486 bits per heavy atom. The first-order valence-corrected chi connectivity index (χ1v) is 26.7. The monoisotopic (exact) mass is 1360 g/mol. The second-order valence-corrected chi connectivity index (χ2v) is 20.9. The maximum atomic E-state index is 5.21. The molecule has 0 aliphatic rings. The van der Waals surface area contributed by atoms with Gasteiger partial charge in [-0.15, -0.1) is 38.5 Å². The maximum Gasteiger partial charge on any atom is 0.0273 e. The van der Waals surface area contributed by atoms with Gasteiger partial charge in [-0.3, -0.25) is 0 Å². The summed E-state index contributed by atoms with van der Waals surface area (Å²) in [7, 11) is 0. The lowest BCUT2D eigenvalue weighted by atomic mass is 10.0. The van der Waals surface area contributed by atoms with Gasteiger partial charge in [0.1, 0.15) is 0 Å². The average molecular weight is 1370 g/mol. The zero-order valence-corrected chi connectivity index (χ0v) is 49.6. The van der Waals surface area contributed by atoms with E-state index in [0.717, 1.165) is 80.2 Å². The van der Waals surface area contributed by atoms with Crippen LogP contribution in [0.15, 0.2) is 183 Å². The Bertz CT molecular complexity index is 3250. The molecule has 8 aromatic carbocycles. The molecule has 0 aliphatic carbocycles. The predicted octanol–water partition coefficient (Wildman–Crippen LogP) is 16.9. The zero-order valence-electron chi connectivity index (χ0n) is 40.5. The summed E-state index contributed by atoms with van der Waals surface area (Å²) in [6, 6.07) is 55.6. The number of halogens is 5. The molecule has 8 aromatic rings. The third-order valence-electron chi connectivity index (χ3n) is 9.52. The highest BCUT2D eigenvalue weighted by Crippen LogP contribution is 2.23. The summed E-state index contributed by atoms with van der Waals surface area (Å²) in [5.74, 6) is 34.6. The van der Waals surface area contributed by atoms with Crippen LogP contribution in [-0.2, 0) is 0 Å². The Morgan fingerprint density at radius 1 is 0.270 bits per heavy atom. The number of benzene rings is 8. The molecule has 0 bridgehead atoms. The van der Waals surface area contributed by atoms with Crippen molar-refractivity contribution < 1.29 is 0 Å². The third-order valence-corrected chi connectivity index (χ3v) is 12.2. The SMILES string of the molecule is Brc1cc(Br)cc(Br)c1.C#Cc1cc(C#C)cc(C#C)c1.C#Cc1cc(C#C)cc(C#C)c1.Cc1cccc(C#Cc2cc(C#Cc3cccc(C)c3)cc(C#Cc3cccc(C)c3)c2)c1.Ic1cccc(I)c1. The molecular formula is C69H43Br3I2. The van der Waals surface area contributed by atoms with Crippen LogP contribution in [0.3, 0.4) is 0 Å². The van der Waals surface area contributed by atoms with Crippen molar-refractivity contribution in [1.29, 1.82) is 0 Å². The Balaban J connectivity index is 0.000000235. The van der Waals surface area contributed by atoms with Crippen LogP contribution in [0.25, 0.3) is 0 Å². The van der Waals surface area contributed by atoms with Gasteiger partial charge < -0.3 is 0 Å². The molecule has 0 saturated heterocycles. The van der Waals surface area contributed by atoms with Gasteiger partial charge in [0, 0.05) is 87.3 Å². The van der Waals surface area contributed by atoms with Gasteiger partial charge in [0.2, 0.25) is 0 Å². The van der Waals surface area contributed by atoms with Gasteiger partial charge in [0.05, 0.1) is 0 Å². The number of rotatable bonds is 0. The van der Waals surface area contributed by atoms with Gasteiger partial charge in [-0.2, -0.15) is 0 Å². The summed E-state index contributed by atoms with van der Waals surface area (Å²) >= 11 is 14.7. The highest BCUT2D eigenvalue weighted by Gasteiger charge is 2.00. The average Bonchev–Trinajstić information content (AvgIpc) is 3.39. The number of hydrogen-bond donors (Lipinski definition) is 0. The van der Waals surface area contributed by atoms with E-state index in [-0.39, 0.29) is 0 Å². The largest absolute Gasteiger partial charge is 0.115 e. The number of hydrogen-bond acceptors (Lipinski definition) is 0. The molecule has 8 rings (SSSR count). The first-order chi connectivity index (χ1) is 35.6. The summed E-state index contributed by atoms with van der Waals surface area (Å²) in [6.45, 7) is 6.23. The molecule has 0 amide bonds. The van der Waals surface area contributed by atoms with E-state index >= 15 is 0 Å². The van der Waals surface area contributed by atoms with E-state index in [9.17, 15) is 0 Å². The minimum atomic E-state index is 0.721. The molecule has 0 fully saturated rings. The Hall–Kier alpha value is -7.30. The molecule has 0 nitrogen and oxygen atoms in total. The van der Waals surface area contributed by atoms with Crippen LogP contribution < -0.4 is 0 Å². The van der Waals surface area contributed by atoms with Gasteiger partial charge in [-0.05, 0) is 210 Å². The van der Waals surface area contributed by atoms with E-state index < -0.39 is 0 Å². The first-order valence-electron chi connectivity index (χ1n) is 22.1. The summed E-state index contributed by atoms with van der Waals surface area (Å²) < 4.78 is 5.82. The normalized spacial score (nSPS) is 8.95. The molecule has 0 heterocycles. The lowest BCUT2D eigenvalue weighted by Crippen LogP contribution is -1.86. The summed E-state index contributed by atoms with van der Waals surface area (Å²) in [5.41, 5.74) is 13.6. The highest BCUT2D eigenvalue weighted by molar-refractivity contribution is 14.1. The van der Waals surface area contributed by atoms with E-state index in [1.54, 1.807) is 36.4 Å². The maximum absolute atomic E-state index is 5.21. The number of aryl methyl sites for hydroxylation is 3. The van der Waals surface area contributed by atoms with Crippen LogP contribution in [0.4, 0.5) is 0 Å². The highest BCUT2D eigenvalue weighted by atomic mass is 127. The lowest BCUT2D eigenvalue weighted by Gasteiger charge is -1.99. The quantitative estimate of drug-likeness (QED) is 0.105. The minimum absolute atomic E-state index is 0.721. The molecule has 354 valence electrons. The fourth-order valence-corrected chi connectivity index (χ4v) is 10.3. The van der Waals surface area contributed by atoms with Crippen LogP contribution in [0, 0.1) is 137 Å². The standard InChI is InChI=1S/C33H24.2C12H6.C6H3Br3.C6H4I2/c1-25-7-4-10-28(19-25)13-16-31-22-32(17-14-29-11-5-8-26(2)20-29)24-33(23-31)18-15-30-12-6-9-27(3)21-30;2*1-4-10-7-11(5-2)9-12(6-3)8-10;7-4-1-5(8)3-6(9)2-4;7-5-2-1-3-6(8)4-5/h4-12,19-24H,1-3H3;2*1-3,7-9H;1-3H;1-4H. The molecule has 5 heteroatoms.